The molecule has 0 spiro atoms. The topological polar surface area (TPSA) is 59.9 Å². The van der Waals surface area contributed by atoms with Gasteiger partial charge in [-0.2, -0.15) is 0 Å². The van der Waals surface area contributed by atoms with E-state index in [2.05, 4.69) is 32.0 Å². The standard InChI is InChI=1S/C31H33ClN2O3S/c1-6-16-37-25-15-8-20(17-26(25)36-7-2)19-33-30-28(29(35)34-23-12-10-22(32)11-13-23)24-14-9-21(31(3,4)5)18-27(24)38-30/h1,8,10-13,15,17,19,21H,7,9,14,16,18H2,2-5H3,(H,34,35)/t21-/m1/s1. The van der Waals surface area contributed by atoms with Crippen LogP contribution in [0.1, 0.15) is 60.5 Å². The normalized spacial score (nSPS) is 15.1. The first kappa shape index (κ1) is 27.8. The Morgan fingerprint density at radius 1 is 1.21 bits per heavy atom. The maximum absolute atomic E-state index is 13.6. The number of hydrogen-bond donors (Lipinski definition) is 1. The lowest BCUT2D eigenvalue weighted by atomic mass is 9.72. The molecule has 7 heteroatoms. The number of hydrogen-bond acceptors (Lipinski definition) is 5. The molecule has 0 aliphatic heterocycles. The fourth-order valence-corrected chi connectivity index (χ4v) is 6.00. The summed E-state index contributed by atoms with van der Waals surface area (Å²) in [6.45, 7) is 9.44. The monoisotopic (exact) mass is 548 g/mol. The first-order chi connectivity index (χ1) is 18.2. The number of nitrogens with one attached hydrogen (secondary N) is 1. The average Bonchev–Trinajstić information content (AvgIpc) is 3.26. The van der Waals surface area contributed by atoms with E-state index in [1.165, 1.54) is 4.88 Å². The largest absolute Gasteiger partial charge is 0.490 e. The second kappa shape index (κ2) is 12.1. The zero-order valence-electron chi connectivity index (χ0n) is 22.3. The highest BCUT2D eigenvalue weighted by Crippen LogP contribution is 2.45. The molecule has 0 unspecified atom stereocenters. The number of halogens is 1. The summed E-state index contributed by atoms with van der Waals surface area (Å²) >= 11 is 7.64. The first-order valence-corrected chi connectivity index (χ1v) is 14.0. The summed E-state index contributed by atoms with van der Waals surface area (Å²) in [5, 5.41) is 4.37. The summed E-state index contributed by atoms with van der Waals surface area (Å²) in [5.74, 6) is 4.07. The lowest BCUT2D eigenvalue weighted by molar-refractivity contribution is 0.102. The third kappa shape index (κ3) is 6.59. The maximum atomic E-state index is 13.6. The molecule has 1 aliphatic rings. The quantitative estimate of drug-likeness (QED) is 0.229. The van der Waals surface area contributed by atoms with Crippen molar-refractivity contribution in [2.24, 2.45) is 16.3 Å². The Bertz CT molecular complexity index is 1360. The number of rotatable bonds is 8. The summed E-state index contributed by atoms with van der Waals surface area (Å²) in [6.07, 6.45) is 9.97. The van der Waals surface area contributed by atoms with Crippen LogP contribution in [0.5, 0.6) is 11.5 Å². The highest BCUT2D eigenvalue weighted by atomic mass is 35.5. The molecular weight excluding hydrogens is 516 g/mol. The van der Waals surface area contributed by atoms with Crippen LogP contribution < -0.4 is 14.8 Å². The van der Waals surface area contributed by atoms with Gasteiger partial charge in [0.05, 0.1) is 12.2 Å². The number of carbonyl (C=O) groups excluding carboxylic acids is 1. The molecule has 1 heterocycles. The third-order valence-electron chi connectivity index (χ3n) is 6.71. The number of carbonyl (C=O) groups is 1. The number of benzene rings is 2. The van der Waals surface area contributed by atoms with Gasteiger partial charge in [-0.15, -0.1) is 17.8 Å². The molecular formula is C31H33ClN2O3S. The molecule has 1 aromatic heterocycles. The van der Waals surface area contributed by atoms with Crippen molar-refractivity contribution in [2.45, 2.75) is 47.0 Å². The summed E-state index contributed by atoms with van der Waals surface area (Å²) in [4.78, 5) is 19.6. The number of fused-ring (bicyclic) bond motifs is 1. The van der Waals surface area contributed by atoms with Gasteiger partial charge in [-0.05, 0) is 91.1 Å². The van der Waals surface area contributed by atoms with Crippen LogP contribution in [0.15, 0.2) is 47.5 Å². The molecule has 5 nitrogen and oxygen atoms in total. The third-order valence-corrected chi connectivity index (χ3v) is 8.12. The van der Waals surface area contributed by atoms with Crippen LogP contribution in [0.3, 0.4) is 0 Å². The average molecular weight is 549 g/mol. The van der Waals surface area contributed by atoms with Crippen LogP contribution in [-0.4, -0.2) is 25.3 Å². The van der Waals surface area contributed by atoms with Crippen molar-refractivity contribution >= 4 is 45.7 Å². The molecule has 0 radical (unpaired) electrons. The van der Waals surface area contributed by atoms with Gasteiger partial charge in [0.2, 0.25) is 0 Å². The highest BCUT2D eigenvalue weighted by Gasteiger charge is 2.33. The Hall–Kier alpha value is -3.27. The Balaban J connectivity index is 1.68. The van der Waals surface area contributed by atoms with E-state index in [0.29, 0.717) is 45.3 Å². The Morgan fingerprint density at radius 3 is 2.66 bits per heavy atom. The zero-order valence-corrected chi connectivity index (χ0v) is 23.8. The molecule has 0 saturated carbocycles. The zero-order chi connectivity index (χ0) is 27.3. The predicted octanol–water partition coefficient (Wildman–Crippen LogP) is 7.97. The number of terminal acetylenes is 1. The molecule has 1 atom stereocenters. The van der Waals surface area contributed by atoms with E-state index in [-0.39, 0.29) is 17.9 Å². The predicted molar refractivity (Wildman–Crippen MR) is 158 cm³/mol. The van der Waals surface area contributed by atoms with Crippen LogP contribution in [-0.2, 0) is 12.8 Å². The lowest BCUT2D eigenvalue weighted by Crippen LogP contribution is -2.27. The van der Waals surface area contributed by atoms with Gasteiger partial charge < -0.3 is 14.8 Å². The van der Waals surface area contributed by atoms with Gasteiger partial charge in [-0.3, -0.25) is 4.79 Å². The van der Waals surface area contributed by atoms with Gasteiger partial charge in [-0.1, -0.05) is 38.3 Å². The van der Waals surface area contributed by atoms with E-state index in [1.54, 1.807) is 41.8 Å². The molecule has 0 fully saturated rings. The van der Waals surface area contributed by atoms with Gasteiger partial charge in [0.25, 0.3) is 5.91 Å². The molecule has 4 rings (SSSR count). The van der Waals surface area contributed by atoms with Crippen molar-refractivity contribution in [3.05, 3.63) is 69.1 Å². The number of anilines is 1. The van der Waals surface area contributed by atoms with Crippen LogP contribution in [0.25, 0.3) is 0 Å². The maximum Gasteiger partial charge on any atom is 0.259 e. The van der Waals surface area contributed by atoms with Crippen molar-refractivity contribution in [1.29, 1.82) is 0 Å². The van der Waals surface area contributed by atoms with Crippen LogP contribution in [0, 0.1) is 23.7 Å². The summed E-state index contributed by atoms with van der Waals surface area (Å²) in [5.41, 5.74) is 3.51. The molecule has 3 aromatic rings. The van der Waals surface area contributed by atoms with Crippen molar-refractivity contribution in [1.82, 2.24) is 0 Å². The minimum Gasteiger partial charge on any atom is -0.490 e. The molecule has 1 amide bonds. The van der Waals surface area contributed by atoms with Crippen molar-refractivity contribution < 1.29 is 14.3 Å². The smallest absolute Gasteiger partial charge is 0.259 e. The van der Waals surface area contributed by atoms with Gasteiger partial charge in [0.15, 0.2) is 11.5 Å². The molecule has 0 saturated heterocycles. The lowest BCUT2D eigenvalue weighted by Gasteiger charge is -2.33. The van der Waals surface area contributed by atoms with E-state index in [1.807, 2.05) is 25.1 Å². The summed E-state index contributed by atoms with van der Waals surface area (Å²) in [6, 6.07) is 12.7. The molecule has 38 heavy (non-hydrogen) atoms. The molecule has 1 N–H and O–H groups in total. The van der Waals surface area contributed by atoms with Gasteiger partial charge in [0, 0.05) is 21.8 Å². The van der Waals surface area contributed by atoms with E-state index in [9.17, 15) is 4.79 Å². The molecule has 1 aliphatic carbocycles. The van der Waals surface area contributed by atoms with Crippen LogP contribution >= 0.6 is 22.9 Å². The summed E-state index contributed by atoms with van der Waals surface area (Å²) in [7, 11) is 0. The molecule has 0 bridgehead atoms. The first-order valence-electron chi connectivity index (χ1n) is 12.8. The minimum absolute atomic E-state index is 0.154. The fourth-order valence-electron chi connectivity index (χ4n) is 4.61. The second-order valence-electron chi connectivity index (χ2n) is 10.3. The van der Waals surface area contributed by atoms with Gasteiger partial charge >= 0.3 is 0 Å². The van der Waals surface area contributed by atoms with Crippen LogP contribution in [0.4, 0.5) is 10.7 Å². The fraction of sp³-hybridized carbons (Fsp3) is 0.355. The van der Waals surface area contributed by atoms with Gasteiger partial charge in [0.1, 0.15) is 11.6 Å². The molecule has 198 valence electrons. The second-order valence-corrected chi connectivity index (χ2v) is 11.9. The summed E-state index contributed by atoms with van der Waals surface area (Å²) < 4.78 is 11.3. The Morgan fingerprint density at radius 2 is 1.97 bits per heavy atom. The number of thiophene rings is 1. The Kier molecular flexibility index (Phi) is 8.81. The van der Waals surface area contributed by atoms with E-state index in [0.717, 1.165) is 30.4 Å². The number of nitrogens with zero attached hydrogens (tertiary/aromatic N) is 1. The highest BCUT2D eigenvalue weighted by molar-refractivity contribution is 7.16. The van der Waals surface area contributed by atoms with Crippen molar-refractivity contribution in [3.63, 3.8) is 0 Å². The SMILES string of the molecule is C#CCOc1ccc(C=Nc2sc3c(c2C(=O)Nc2ccc(Cl)cc2)CC[C@@H](C(C)(C)C)C3)cc1OCC. The Labute approximate surface area is 234 Å². The number of amides is 1. The van der Waals surface area contributed by atoms with E-state index >= 15 is 0 Å². The van der Waals surface area contributed by atoms with E-state index < -0.39 is 0 Å². The van der Waals surface area contributed by atoms with E-state index in [4.69, 9.17) is 32.5 Å². The van der Waals surface area contributed by atoms with Gasteiger partial charge in [-0.25, -0.2) is 4.99 Å². The van der Waals surface area contributed by atoms with Crippen LogP contribution in [0.2, 0.25) is 5.02 Å². The number of ether oxygens (including phenoxy) is 2. The van der Waals surface area contributed by atoms with Crippen molar-refractivity contribution in [3.8, 4) is 23.8 Å². The molecule has 2 aromatic carbocycles. The van der Waals surface area contributed by atoms with Crippen molar-refractivity contribution in [2.75, 3.05) is 18.5 Å². The number of aliphatic imine (C=N–C) groups is 1. The minimum atomic E-state index is -0.154.